The second-order valence-electron chi connectivity index (χ2n) is 6.65. The lowest BCUT2D eigenvalue weighted by Crippen LogP contribution is -2.48. The van der Waals surface area contributed by atoms with Gasteiger partial charge in [-0.3, -0.25) is 14.5 Å². The van der Waals surface area contributed by atoms with E-state index in [1.54, 1.807) is 0 Å². The van der Waals surface area contributed by atoms with Gasteiger partial charge < -0.3 is 10.2 Å². The molecule has 0 saturated carbocycles. The predicted molar refractivity (Wildman–Crippen MR) is 107 cm³/mol. The Balaban J connectivity index is 1.36. The molecule has 1 N–H and O–H groups in total. The molecule has 138 valence electrons. The SMILES string of the molecule is O=C1Nc2ccccc2SC1=CC(=O)N1CCN(Cc2ccccc2)CC1. The van der Waals surface area contributed by atoms with Crippen LogP contribution in [0.25, 0.3) is 0 Å². The molecule has 0 radical (unpaired) electrons. The first-order valence-electron chi connectivity index (χ1n) is 9.04. The molecular weight excluding hydrogens is 358 g/mol. The van der Waals surface area contributed by atoms with Gasteiger partial charge in [-0.25, -0.2) is 0 Å². The molecule has 4 rings (SSSR count). The number of hydrogen-bond donors (Lipinski definition) is 1. The number of benzene rings is 2. The molecule has 2 aromatic carbocycles. The van der Waals surface area contributed by atoms with E-state index in [2.05, 4.69) is 22.3 Å². The van der Waals surface area contributed by atoms with Crippen LogP contribution in [0.2, 0.25) is 0 Å². The lowest BCUT2D eigenvalue weighted by Gasteiger charge is -2.34. The second kappa shape index (κ2) is 7.98. The predicted octanol–water partition coefficient (Wildman–Crippen LogP) is 2.96. The summed E-state index contributed by atoms with van der Waals surface area (Å²) in [6, 6.07) is 18.0. The number of anilines is 1. The van der Waals surface area contributed by atoms with Gasteiger partial charge in [-0.05, 0) is 17.7 Å². The Morgan fingerprint density at radius 1 is 1.00 bits per heavy atom. The number of amides is 2. The van der Waals surface area contributed by atoms with Gasteiger partial charge in [-0.15, -0.1) is 0 Å². The highest BCUT2D eigenvalue weighted by Crippen LogP contribution is 2.37. The number of carbonyl (C=O) groups excluding carboxylic acids is 2. The Kier molecular flexibility index (Phi) is 5.27. The number of rotatable bonds is 3. The molecule has 2 aromatic rings. The molecule has 2 aliphatic rings. The van der Waals surface area contributed by atoms with Gasteiger partial charge in [-0.1, -0.05) is 54.2 Å². The zero-order valence-electron chi connectivity index (χ0n) is 14.9. The molecule has 2 aliphatic heterocycles. The summed E-state index contributed by atoms with van der Waals surface area (Å²) >= 11 is 1.35. The lowest BCUT2D eigenvalue weighted by atomic mass is 10.2. The molecule has 1 fully saturated rings. The minimum absolute atomic E-state index is 0.0913. The van der Waals surface area contributed by atoms with Crippen LogP contribution in [0.5, 0.6) is 0 Å². The summed E-state index contributed by atoms with van der Waals surface area (Å²) in [4.78, 5) is 30.5. The van der Waals surface area contributed by atoms with Crippen molar-refractivity contribution in [3.05, 3.63) is 71.1 Å². The Morgan fingerprint density at radius 3 is 2.48 bits per heavy atom. The van der Waals surface area contributed by atoms with Crippen LogP contribution in [0.3, 0.4) is 0 Å². The van der Waals surface area contributed by atoms with Crippen molar-refractivity contribution in [2.45, 2.75) is 11.4 Å². The second-order valence-corrected chi connectivity index (χ2v) is 7.73. The Labute approximate surface area is 163 Å². The van der Waals surface area contributed by atoms with Crippen LogP contribution in [-0.2, 0) is 16.1 Å². The minimum atomic E-state index is -0.213. The van der Waals surface area contributed by atoms with Gasteiger partial charge in [0.1, 0.15) is 0 Å². The van der Waals surface area contributed by atoms with Crippen molar-refractivity contribution in [2.75, 3.05) is 31.5 Å². The maximum atomic E-state index is 12.6. The highest BCUT2D eigenvalue weighted by atomic mass is 32.2. The van der Waals surface area contributed by atoms with Crippen LogP contribution in [0.15, 0.2) is 70.5 Å². The summed E-state index contributed by atoms with van der Waals surface area (Å²) < 4.78 is 0. The summed E-state index contributed by atoms with van der Waals surface area (Å²) in [6.45, 7) is 3.94. The van der Waals surface area contributed by atoms with Crippen molar-refractivity contribution in [3.63, 3.8) is 0 Å². The first kappa shape index (κ1) is 17.8. The fraction of sp³-hybridized carbons (Fsp3) is 0.238. The molecule has 5 nitrogen and oxygen atoms in total. The molecule has 0 atom stereocenters. The highest BCUT2D eigenvalue weighted by molar-refractivity contribution is 8.04. The molecule has 2 amide bonds. The van der Waals surface area contributed by atoms with E-state index in [-0.39, 0.29) is 11.8 Å². The molecule has 1 saturated heterocycles. The van der Waals surface area contributed by atoms with E-state index in [0.29, 0.717) is 18.0 Å². The molecule has 0 aliphatic carbocycles. The van der Waals surface area contributed by atoms with Gasteiger partial charge in [-0.2, -0.15) is 0 Å². The third-order valence-corrected chi connectivity index (χ3v) is 5.87. The van der Waals surface area contributed by atoms with Gasteiger partial charge in [0.05, 0.1) is 10.6 Å². The van der Waals surface area contributed by atoms with Gasteiger partial charge >= 0.3 is 0 Å². The number of hydrogen-bond acceptors (Lipinski definition) is 4. The summed E-state index contributed by atoms with van der Waals surface area (Å²) in [6.07, 6.45) is 1.47. The Morgan fingerprint density at radius 2 is 1.70 bits per heavy atom. The minimum Gasteiger partial charge on any atom is -0.337 e. The Hall–Kier alpha value is -2.57. The fourth-order valence-corrected chi connectivity index (χ4v) is 4.19. The van der Waals surface area contributed by atoms with Crippen molar-refractivity contribution in [1.82, 2.24) is 9.80 Å². The van der Waals surface area contributed by atoms with Crippen molar-refractivity contribution >= 4 is 29.3 Å². The standard InChI is InChI=1S/C21H21N3O2S/c25-20(14-19-21(26)22-17-8-4-5-9-18(17)27-19)24-12-10-23(11-13-24)15-16-6-2-1-3-7-16/h1-9,14H,10-13,15H2,(H,22,26). The van der Waals surface area contributed by atoms with Crippen LogP contribution in [0.4, 0.5) is 5.69 Å². The fourth-order valence-electron chi connectivity index (χ4n) is 3.27. The Bertz CT molecular complexity index is 874. The number of fused-ring (bicyclic) bond motifs is 1. The van der Waals surface area contributed by atoms with E-state index in [4.69, 9.17) is 0 Å². The maximum absolute atomic E-state index is 12.6. The summed E-state index contributed by atoms with van der Waals surface area (Å²) in [5.74, 6) is -0.304. The van der Waals surface area contributed by atoms with Gasteiger partial charge in [0, 0.05) is 43.7 Å². The molecular formula is C21H21N3O2S. The quantitative estimate of drug-likeness (QED) is 0.833. The summed E-state index contributed by atoms with van der Waals surface area (Å²) in [5.41, 5.74) is 2.08. The van der Waals surface area contributed by atoms with Crippen molar-refractivity contribution in [1.29, 1.82) is 0 Å². The smallest absolute Gasteiger partial charge is 0.262 e. The van der Waals surface area contributed by atoms with E-state index >= 15 is 0 Å². The van der Waals surface area contributed by atoms with Gasteiger partial charge in [0.25, 0.3) is 5.91 Å². The van der Waals surface area contributed by atoms with E-state index in [0.717, 1.165) is 30.2 Å². The topological polar surface area (TPSA) is 52.7 Å². The van der Waals surface area contributed by atoms with Gasteiger partial charge in [0.2, 0.25) is 5.91 Å². The van der Waals surface area contributed by atoms with Crippen molar-refractivity contribution in [3.8, 4) is 0 Å². The zero-order valence-corrected chi connectivity index (χ0v) is 15.7. The number of carbonyl (C=O) groups is 2. The number of nitrogens with one attached hydrogen (secondary N) is 1. The molecule has 0 spiro atoms. The van der Waals surface area contributed by atoms with Crippen LogP contribution >= 0.6 is 11.8 Å². The number of nitrogens with zero attached hydrogens (tertiary/aromatic N) is 2. The van der Waals surface area contributed by atoms with E-state index < -0.39 is 0 Å². The van der Waals surface area contributed by atoms with E-state index in [9.17, 15) is 9.59 Å². The average Bonchev–Trinajstić information content (AvgIpc) is 2.70. The first-order valence-corrected chi connectivity index (χ1v) is 9.86. The van der Waals surface area contributed by atoms with Crippen LogP contribution in [0.1, 0.15) is 5.56 Å². The highest BCUT2D eigenvalue weighted by Gasteiger charge is 2.24. The normalized spacial score (nSPS) is 18.9. The van der Waals surface area contributed by atoms with Crippen molar-refractivity contribution < 1.29 is 9.59 Å². The lowest BCUT2D eigenvalue weighted by molar-refractivity contribution is -0.128. The maximum Gasteiger partial charge on any atom is 0.262 e. The monoisotopic (exact) mass is 379 g/mol. The van der Waals surface area contributed by atoms with E-state index in [1.807, 2.05) is 47.4 Å². The van der Waals surface area contributed by atoms with Crippen LogP contribution < -0.4 is 5.32 Å². The molecule has 27 heavy (non-hydrogen) atoms. The van der Waals surface area contributed by atoms with Gasteiger partial charge in [0.15, 0.2) is 0 Å². The number of piperazine rings is 1. The molecule has 0 unspecified atom stereocenters. The van der Waals surface area contributed by atoms with Crippen LogP contribution in [0, 0.1) is 0 Å². The summed E-state index contributed by atoms with van der Waals surface area (Å²) in [7, 11) is 0. The third-order valence-electron chi connectivity index (χ3n) is 4.77. The number of para-hydroxylation sites is 1. The van der Waals surface area contributed by atoms with Crippen LogP contribution in [-0.4, -0.2) is 47.8 Å². The largest absolute Gasteiger partial charge is 0.337 e. The molecule has 6 heteroatoms. The molecule has 2 heterocycles. The third kappa shape index (κ3) is 4.23. The first-order chi connectivity index (χ1) is 13.2. The van der Waals surface area contributed by atoms with Crippen molar-refractivity contribution in [2.24, 2.45) is 0 Å². The number of thioether (sulfide) groups is 1. The molecule has 0 aromatic heterocycles. The molecule has 0 bridgehead atoms. The zero-order chi connectivity index (χ0) is 18.6. The average molecular weight is 379 g/mol. The van der Waals surface area contributed by atoms with E-state index in [1.165, 1.54) is 23.4 Å². The summed E-state index contributed by atoms with van der Waals surface area (Å²) in [5, 5.41) is 2.85.